The maximum absolute atomic E-state index is 12.5. The zero-order chi connectivity index (χ0) is 17.9. The molecule has 134 valence electrons. The van der Waals surface area contributed by atoms with E-state index in [-0.39, 0.29) is 0 Å². The van der Waals surface area contributed by atoms with E-state index in [1.165, 1.54) is 9.71 Å². The molecule has 1 fully saturated rings. The fourth-order valence-electron chi connectivity index (χ4n) is 2.69. The summed E-state index contributed by atoms with van der Waals surface area (Å²) in [6.45, 7) is 4.79. The number of nitrogens with zero attached hydrogens (tertiary/aromatic N) is 3. The third-order valence-electron chi connectivity index (χ3n) is 4.06. The Morgan fingerprint density at radius 3 is 2.48 bits per heavy atom. The smallest absolute Gasteiger partial charge is 0.236 e. The second kappa shape index (κ2) is 7.70. The van der Waals surface area contributed by atoms with Gasteiger partial charge in [0.15, 0.2) is 0 Å². The van der Waals surface area contributed by atoms with Gasteiger partial charge in [-0.15, -0.1) is 0 Å². The second-order valence-electron chi connectivity index (χ2n) is 6.00. The van der Waals surface area contributed by atoms with Gasteiger partial charge in [0.25, 0.3) is 0 Å². The molecule has 0 aliphatic carbocycles. The molecule has 0 amide bonds. The lowest BCUT2D eigenvalue weighted by Gasteiger charge is -2.32. The fraction of sp³-hybridized carbons (Fsp3) is 0.353. The van der Waals surface area contributed by atoms with Crippen LogP contribution in [0.4, 0.5) is 0 Å². The van der Waals surface area contributed by atoms with Gasteiger partial charge in [0.05, 0.1) is 5.69 Å². The number of aromatic nitrogens is 1. The van der Waals surface area contributed by atoms with Crippen LogP contribution in [-0.4, -0.2) is 49.0 Å². The third-order valence-corrected chi connectivity index (χ3v) is 5.87. The lowest BCUT2D eigenvalue weighted by molar-refractivity contribution is 0.178. The highest BCUT2D eigenvalue weighted by Gasteiger charge is 2.25. The summed E-state index contributed by atoms with van der Waals surface area (Å²) in [6.07, 6.45) is 1.59. The molecule has 0 unspecified atom stereocenters. The molecule has 1 aromatic heterocycles. The molecule has 1 aliphatic heterocycles. The average molecular weight is 382 g/mol. The highest BCUT2D eigenvalue weighted by molar-refractivity contribution is 7.92. The summed E-state index contributed by atoms with van der Waals surface area (Å²) in [4.78, 5) is 2.17. The van der Waals surface area contributed by atoms with Crippen LogP contribution < -0.4 is 0 Å². The first-order valence-electron chi connectivity index (χ1n) is 8.01. The second-order valence-corrected chi connectivity index (χ2v) is 8.26. The number of hydrogen-bond donors (Lipinski definition) is 0. The van der Waals surface area contributed by atoms with Crippen molar-refractivity contribution in [2.75, 3.05) is 26.2 Å². The Hall–Kier alpha value is -1.67. The van der Waals surface area contributed by atoms with Gasteiger partial charge >= 0.3 is 0 Å². The zero-order valence-corrected chi connectivity index (χ0v) is 15.5. The summed E-state index contributed by atoms with van der Waals surface area (Å²) < 4.78 is 31.5. The Morgan fingerprint density at radius 2 is 1.88 bits per heavy atom. The van der Waals surface area contributed by atoms with E-state index in [1.807, 2.05) is 13.0 Å². The van der Waals surface area contributed by atoms with Gasteiger partial charge in [0.1, 0.15) is 5.76 Å². The Morgan fingerprint density at radius 1 is 1.20 bits per heavy atom. The van der Waals surface area contributed by atoms with Crippen molar-refractivity contribution in [3.8, 4) is 0 Å². The van der Waals surface area contributed by atoms with Crippen molar-refractivity contribution in [1.29, 1.82) is 0 Å². The number of sulfonamides is 1. The van der Waals surface area contributed by atoms with E-state index in [1.54, 1.807) is 30.3 Å². The van der Waals surface area contributed by atoms with Crippen LogP contribution in [0, 0.1) is 6.92 Å². The van der Waals surface area contributed by atoms with Crippen LogP contribution in [-0.2, 0) is 16.6 Å². The Bertz CT molecular complexity index is 838. The lowest BCUT2D eigenvalue weighted by Crippen LogP contribution is -2.47. The Balaban J connectivity index is 1.56. The van der Waals surface area contributed by atoms with Gasteiger partial charge in [-0.25, -0.2) is 8.42 Å². The summed E-state index contributed by atoms with van der Waals surface area (Å²) in [5, 5.41) is 5.86. The van der Waals surface area contributed by atoms with Crippen molar-refractivity contribution < 1.29 is 12.9 Å². The van der Waals surface area contributed by atoms with Crippen LogP contribution in [0.25, 0.3) is 6.08 Å². The summed E-state index contributed by atoms with van der Waals surface area (Å²) in [5.74, 6) is 0.781. The SMILES string of the molecule is Cc1cc(CN2CCN(S(=O)(=O)/C=C/c3ccc(Cl)cc3)CC2)no1. The van der Waals surface area contributed by atoms with Crippen LogP contribution in [0.3, 0.4) is 0 Å². The monoisotopic (exact) mass is 381 g/mol. The van der Waals surface area contributed by atoms with Crippen molar-refractivity contribution >= 4 is 27.7 Å². The molecular formula is C17H20ClN3O3S. The number of aryl methyl sites for hydroxylation is 1. The van der Waals surface area contributed by atoms with Crippen LogP contribution in [0.5, 0.6) is 0 Å². The maximum atomic E-state index is 12.5. The molecule has 3 rings (SSSR count). The molecule has 1 saturated heterocycles. The Labute approximate surface area is 152 Å². The molecule has 0 bridgehead atoms. The van der Waals surface area contributed by atoms with Gasteiger partial charge in [-0.3, -0.25) is 4.90 Å². The highest BCUT2D eigenvalue weighted by atomic mass is 35.5. The van der Waals surface area contributed by atoms with Crippen molar-refractivity contribution in [2.24, 2.45) is 0 Å². The molecule has 1 aromatic carbocycles. The first-order valence-corrected chi connectivity index (χ1v) is 9.89. The van der Waals surface area contributed by atoms with Crippen LogP contribution in [0.2, 0.25) is 5.02 Å². The lowest BCUT2D eigenvalue weighted by atomic mass is 10.2. The molecular weight excluding hydrogens is 362 g/mol. The average Bonchev–Trinajstić information content (AvgIpc) is 3.00. The predicted molar refractivity (Wildman–Crippen MR) is 97.5 cm³/mol. The number of piperazine rings is 1. The first kappa shape index (κ1) is 18.1. The third kappa shape index (κ3) is 4.92. The van der Waals surface area contributed by atoms with Crippen molar-refractivity contribution in [3.05, 3.63) is 57.8 Å². The molecule has 0 spiro atoms. The van der Waals surface area contributed by atoms with E-state index in [0.29, 0.717) is 37.7 Å². The van der Waals surface area contributed by atoms with Crippen LogP contribution in [0.15, 0.2) is 40.3 Å². The van der Waals surface area contributed by atoms with E-state index in [0.717, 1.165) is 17.0 Å². The molecule has 1 aliphatic rings. The molecule has 0 radical (unpaired) electrons. The minimum Gasteiger partial charge on any atom is -0.361 e. The molecule has 0 atom stereocenters. The minimum absolute atomic E-state index is 0.462. The van der Waals surface area contributed by atoms with Gasteiger partial charge in [-0.2, -0.15) is 4.31 Å². The van der Waals surface area contributed by atoms with Gasteiger partial charge in [-0.1, -0.05) is 28.9 Å². The number of rotatable bonds is 5. The van der Waals surface area contributed by atoms with E-state index >= 15 is 0 Å². The zero-order valence-electron chi connectivity index (χ0n) is 13.9. The molecule has 0 N–H and O–H groups in total. The summed E-state index contributed by atoms with van der Waals surface area (Å²) in [7, 11) is -3.42. The van der Waals surface area contributed by atoms with E-state index in [9.17, 15) is 8.42 Å². The van der Waals surface area contributed by atoms with Crippen molar-refractivity contribution in [2.45, 2.75) is 13.5 Å². The van der Waals surface area contributed by atoms with E-state index in [4.69, 9.17) is 16.1 Å². The summed E-state index contributed by atoms with van der Waals surface area (Å²) in [6, 6.07) is 8.94. The molecule has 8 heteroatoms. The normalized spacial score (nSPS) is 17.4. The molecule has 25 heavy (non-hydrogen) atoms. The quantitative estimate of drug-likeness (QED) is 0.796. The standard InChI is InChI=1S/C17H20ClN3O3S/c1-14-12-17(19-24-14)13-20-7-9-21(10-8-20)25(22,23)11-6-15-2-4-16(18)5-3-15/h2-6,11-12H,7-10,13H2,1H3/b11-6+. The molecule has 2 heterocycles. The van der Waals surface area contributed by atoms with Crippen LogP contribution in [0.1, 0.15) is 17.0 Å². The van der Waals surface area contributed by atoms with Crippen molar-refractivity contribution in [1.82, 2.24) is 14.4 Å². The molecule has 6 nitrogen and oxygen atoms in total. The topological polar surface area (TPSA) is 66.7 Å². The van der Waals surface area contributed by atoms with Gasteiger partial charge in [-0.05, 0) is 30.7 Å². The minimum atomic E-state index is -3.42. The van der Waals surface area contributed by atoms with Crippen molar-refractivity contribution in [3.63, 3.8) is 0 Å². The van der Waals surface area contributed by atoms with Gasteiger partial charge in [0.2, 0.25) is 10.0 Å². The summed E-state index contributed by atoms with van der Waals surface area (Å²) in [5.41, 5.74) is 1.67. The number of halogens is 1. The maximum Gasteiger partial charge on any atom is 0.236 e. The number of hydrogen-bond acceptors (Lipinski definition) is 5. The largest absolute Gasteiger partial charge is 0.361 e. The predicted octanol–water partition coefficient (Wildman–Crippen LogP) is 2.75. The fourth-order valence-corrected chi connectivity index (χ4v) is 3.99. The molecule has 2 aromatic rings. The molecule has 0 saturated carbocycles. The Kier molecular flexibility index (Phi) is 5.58. The number of benzene rings is 1. The van der Waals surface area contributed by atoms with Crippen LogP contribution >= 0.6 is 11.6 Å². The first-order chi connectivity index (χ1) is 11.9. The van der Waals surface area contributed by atoms with Gasteiger partial charge < -0.3 is 4.52 Å². The van der Waals surface area contributed by atoms with Gasteiger partial charge in [0, 0.05) is 49.2 Å². The summed E-state index contributed by atoms with van der Waals surface area (Å²) >= 11 is 5.83. The van der Waals surface area contributed by atoms with E-state index < -0.39 is 10.0 Å². The highest BCUT2D eigenvalue weighted by Crippen LogP contribution is 2.15. The van der Waals surface area contributed by atoms with E-state index in [2.05, 4.69) is 10.1 Å².